The smallest absolute Gasteiger partial charge is 0.402 e. The number of aryl methyl sites for hydroxylation is 1. The van der Waals surface area contributed by atoms with Crippen LogP contribution in [0.5, 0.6) is 5.75 Å². The summed E-state index contributed by atoms with van der Waals surface area (Å²) in [5.41, 5.74) is -1.71. The van der Waals surface area contributed by atoms with Crippen molar-refractivity contribution in [2.24, 2.45) is 5.14 Å². The zero-order valence-electron chi connectivity index (χ0n) is 9.13. The van der Waals surface area contributed by atoms with E-state index < -0.39 is 43.3 Å². The third-order valence-corrected chi connectivity index (χ3v) is 2.81. The predicted molar refractivity (Wildman–Crippen MR) is 53.7 cm³/mol. The molecule has 12 heteroatoms. The second kappa shape index (κ2) is 4.62. The van der Waals surface area contributed by atoms with E-state index in [1.54, 1.807) is 0 Å². The molecule has 1 aromatic rings. The van der Waals surface area contributed by atoms with E-state index in [0.29, 0.717) is 6.20 Å². The lowest BCUT2D eigenvalue weighted by Gasteiger charge is -2.13. The van der Waals surface area contributed by atoms with Crippen molar-refractivity contribution in [2.45, 2.75) is 18.2 Å². The Labute approximate surface area is 104 Å². The van der Waals surface area contributed by atoms with Crippen LogP contribution in [-0.4, -0.2) is 24.7 Å². The molecule has 0 bridgehead atoms. The molecule has 0 amide bonds. The lowest BCUT2D eigenvalue weighted by Crippen LogP contribution is -2.23. The molecule has 0 aliphatic rings. The number of primary sulfonamides is 1. The molecule has 1 rings (SSSR count). The summed E-state index contributed by atoms with van der Waals surface area (Å²) >= 11 is 0. The van der Waals surface area contributed by atoms with Crippen molar-refractivity contribution in [1.29, 1.82) is 0 Å². The zero-order valence-corrected chi connectivity index (χ0v) is 9.95. The van der Waals surface area contributed by atoms with E-state index in [-0.39, 0.29) is 0 Å². The van der Waals surface area contributed by atoms with Gasteiger partial charge >= 0.3 is 12.0 Å². The summed E-state index contributed by atoms with van der Waals surface area (Å²) < 4.78 is 62.4. The summed E-state index contributed by atoms with van der Waals surface area (Å²) in [7, 11) is -4.81. The minimum absolute atomic E-state index is 0.484. The van der Waals surface area contributed by atoms with E-state index in [4.69, 9.17) is 0 Å². The van der Waals surface area contributed by atoms with Gasteiger partial charge in [-0.3, -0.25) is 15.1 Å². The molecule has 8 nitrogen and oxygen atoms in total. The van der Waals surface area contributed by atoms with Gasteiger partial charge in [0.15, 0.2) is 5.75 Å². The normalized spacial score (nSPS) is 12.3. The molecule has 0 spiro atoms. The molecule has 0 aromatic carbocycles. The van der Waals surface area contributed by atoms with Crippen LogP contribution in [0.15, 0.2) is 11.1 Å². The molecule has 106 valence electrons. The first-order valence-corrected chi connectivity index (χ1v) is 5.90. The van der Waals surface area contributed by atoms with E-state index in [2.05, 4.69) is 14.9 Å². The van der Waals surface area contributed by atoms with Crippen molar-refractivity contribution in [3.63, 3.8) is 0 Å². The number of rotatable bonds is 3. The second-order valence-electron chi connectivity index (χ2n) is 3.24. The number of nitro groups is 1. The molecule has 0 radical (unpaired) electrons. The van der Waals surface area contributed by atoms with Gasteiger partial charge in [-0.2, -0.15) is 0 Å². The Balaban J connectivity index is 3.69. The van der Waals surface area contributed by atoms with Gasteiger partial charge in [-0.25, -0.2) is 13.6 Å². The van der Waals surface area contributed by atoms with Gasteiger partial charge in [0, 0.05) is 0 Å². The first-order valence-electron chi connectivity index (χ1n) is 4.36. The minimum Gasteiger partial charge on any atom is -0.402 e. The Morgan fingerprint density at radius 2 is 2.00 bits per heavy atom. The number of aromatic nitrogens is 1. The predicted octanol–water partition coefficient (Wildman–Crippen LogP) is 0.844. The Morgan fingerprint density at radius 1 is 1.47 bits per heavy atom. The van der Waals surface area contributed by atoms with Gasteiger partial charge < -0.3 is 4.74 Å². The number of ether oxygens (including phenoxy) is 1. The molecule has 0 aliphatic heterocycles. The molecule has 2 N–H and O–H groups in total. The summed E-state index contributed by atoms with van der Waals surface area (Å²) in [5.74, 6) is -1.32. The van der Waals surface area contributed by atoms with Crippen molar-refractivity contribution in [3.8, 4) is 5.75 Å². The zero-order chi connectivity index (χ0) is 15.0. The maximum Gasteiger partial charge on any atom is 0.573 e. The van der Waals surface area contributed by atoms with Gasteiger partial charge in [-0.05, 0) is 6.92 Å². The quantitative estimate of drug-likeness (QED) is 0.651. The molecular weight excluding hydrogens is 295 g/mol. The van der Waals surface area contributed by atoms with Crippen LogP contribution in [0.2, 0.25) is 0 Å². The van der Waals surface area contributed by atoms with Crippen LogP contribution in [0.3, 0.4) is 0 Å². The average Bonchev–Trinajstić information content (AvgIpc) is 2.16. The Hall–Kier alpha value is -1.95. The van der Waals surface area contributed by atoms with Crippen LogP contribution >= 0.6 is 0 Å². The lowest BCUT2D eigenvalue weighted by atomic mass is 10.3. The number of sulfonamides is 1. The number of halogens is 3. The van der Waals surface area contributed by atoms with Crippen LogP contribution in [0.4, 0.5) is 18.9 Å². The molecule has 0 aliphatic carbocycles. The number of hydrogen-bond acceptors (Lipinski definition) is 6. The monoisotopic (exact) mass is 301 g/mol. The number of pyridine rings is 1. The highest BCUT2D eigenvalue weighted by Gasteiger charge is 2.38. The molecule has 0 saturated heterocycles. The van der Waals surface area contributed by atoms with Crippen LogP contribution < -0.4 is 9.88 Å². The molecule has 0 saturated carbocycles. The third kappa shape index (κ3) is 3.51. The van der Waals surface area contributed by atoms with Crippen molar-refractivity contribution >= 4 is 15.7 Å². The molecular formula is C7H6F3N3O5S. The van der Waals surface area contributed by atoms with E-state index in [0.717, 1.165) is 6.92 Å². The minimum atomic E-state index is -5.25. The first-order chi connectivity index (χ1) is 8.43. The van der Waals surface area contributed by atoms with Crippen LogP contribution in [0.1, 0.15) is 5.69 Å². The van der Waals surface area contributed by atoms with E-state index in [1.165, 1.54) is 0 Å². The van der Waals surface area contributed by atoms with Gasteiger partial charge in [0.2, 0.25) is 14.9 Å². The highest BCUT2D eigenvalue weighted by atomic mass is 32.2. The SMILES string of the molecule is Cc1ncc([N+](=O)[O-])c(S(N)(=O)=O)c1OC(F)(F)F. The molecule has 0 unspecified atom stereocenters. The molecule has 1 aromatic heterocycles. The summed E-state index contributed by atoms with van der Waals surface area (Å²) in [6.07, 6.45) is -4.76. The van der Waals surface area contributed by atoms with E-state index in [1.807, 2.05) is 0 Å². The standard InChI is InChI=1S/C7H6F3N3O5S/c1-3-5(18-7(8,9)10)6(19(11,16)17)4(2-12-3)13(14)15/h2H,1H3,(H2,11,16,17). The highest BCUT2D eigenvalue weighted by molar-refractivity contribution is 7.89. The maximum absolute atomic E-state index is 12.2. The fourth-order valence-electron chi connectivity index (χ4n) is 1.20. The molecule has 1 heterocycles. The first kappa shape index (κ1) is 15.1. The van der Waals surface area contributed by atoms with Crippen molar-refractivity contribution < 1.29 is 31.2 Å². The largest absolute Gasteiger partial charge is 0.573 e. The summed E-state index contributed by atoms with van der Waals surface area (Å²) in [4.78, 5) is 11.3. The van der Waals surface area contributed by atoms with E-state index in [9.17, 15) is 31.7 Å². The lowest BCUT2D eigenvalue weighted by molar-refractivity contribution is -0.388. The molecule has 19 heavy (non-hydrogen) atoms. The number of nitrogens with two attached hydrogens (primary N) is 1. The topological polar surface area (TPSA) is 125 Å². The van der Waals surface area contributed by atoms with Gasteiger partial charge in [0.05, 0.1) is 10.6 Å². The third-order valence-electron chi connectivity index (χ3n) is 1.85. The van der Waals surface area contributed by atoms with Gasteiger partial charge in [-0.15, -0.1) is 13.2 Å². The van der Waals surface area contributed by atoms with Gasteiger partial charge in [0.1, 0.15) is 6.20 Å². The van der Waals surface area contributed by atoms with Crippen molar-refractivity contribution in [1.82, 2.24) is 4.98 Å². The van der Waals surface area contributed by atoms with Gasteiger partial charge in [0.25, 0.3) is 0 Å². The van der Waals surface area contributed by atoms with Crippen molar-refractivity contribution in [3.05, 3.63) is 22.0 Å². The molecule has 0 fully saturated rings. The number of hydrogen-bond donors (Lipinski definition) is 1. The van der Waals surface area contributed by atoms with Crippen LogP contribution in [0, 0.1) is 17.0 Å². The average molecular weight is 301 g/mol. The molecule has 0 atom stereocenters. The summed E-state index contributed by atoms with van der Waals surface area (Å²) in [6, 6.07) is 0. The van der Waals surface area contributed by atoms with E-state index >= 15 is 0 Å². The highest BCUT2D eigenvalue weighted by Crippen LogP contribution is 2.36. The Bertz CT molecular complexity index is 628. The van der Waals surface area contributed by atoms with Gasteiger partial charge in [-0.1, -0.05) is 0 Å². The fraction of sp³-hybridized carbons (Fsp3) is 0.286. The van der Waals surface area contributed by atoms with Crippen LogP contribution in [0.25, 0.3) is 0 Å². The van der Waals surface area contributed by atoms with Crippen molar-refractivity contribution in [2.75, 3.05) is 0 Å². The van der Waals surface area contributed by atoms with Crippen LogP contribution in [-0.2, 0) is 10.0 Å². The second-order valence-corrected chi connectivity index (χ2v) is 4.74. The number of alkyl halides is 3. The Kier molecular flexibility index (Phi) is 3.67. The maximum atomic E-state index is 12.2. The summed E-state index contributed by atoms with van der Waals surface area (Å²) in [6.45, 7) is 0.986. The Morgan fingerprint density at radius 3 is 2.37 bits per heavy atom. The number of nitrogens with zero attached hydrogens (tertiary/aromatic N) is 2. The summed E-state index contributed by atoms with van der Waals surface area (Å²) in [5, 5.41) is 15.3. The fourth-order valence-corrected chi connectivity index (χ4v) is 2.06.